The Morgan fingerprint density at radius 1 is 0.857 bits per heavy atom. The number of nitrogens with one attached hydrogen (secondary N) is 1. The highest BCUT2D eigenvalue weighted by Gasteiger charge is 2.25. The van der Waals surface area contributed by atoms with Gasteiger partial charge in [0.1, 0.15) is 23.4 Å². The Balaban J connectivity index is 1.13. The van der Waals surface area contributed by atoms with Crippen molar-refractivity contribution in [2.24, 2.45) is 0 Å². The van der Waals surface area contributed by atoms with E-state index in [4.69, 9.17) is 21.1 Å². The minimum atomic E-state index is -1.18. The Hall–Kier alpha value is -4.82. The van der Waals surface area contributed by atoms with Crippen molar-refractivity contribution in [2.45, 2.75) is 25.4 Å². The van der Waals surface area contributed by atoms with Gasteiger partial charge in [0.15, 0.2) is 0 Å². The molecule has 4 aromatic rings. The van der Waals surface area contributed by atoms with Crippen LogP contribution < -0.4 is 14.8 Å². The second-order valence-electron chi connectivity index (χ2n) is 9.91. The number of hydrogen-bond donors (Lipinski definition) is 2. The van der Waals surface area contributed by atoms with Crippen molar-refractivity contribution in [3.05, 3.63) is 119 Å². The predicted molar refractivity (Wildman–Crippen MR) is 160 cm³/mol. The molecule has 2 N–H and O–H groups in total. The molecule has 0 spiro atoms. The number of piperidine rings is 1. The lowest BCUT2D eigenvalue weighted by Crippen LogP contribution is -2.44. The first-order valence-corrected chi connectivity index (χ1v) is 13.9. The van der Waals surface area contributed by atoms with Gasteiger partial charge in [0, 0.05) is 12.1 Å². The molecule has 0 unspecified atom stereocenters. The molecule has 5 rings (SSSR count). The Bertz CT molecular complexity index is 1560. The monoisotopic (exact) mass is 584 g/mol. The lowest BCUT2D eigenvalue weighted by molar-refractivity contribution is -0.115. The molecule has 42 heavy (non-hydrogen) atoms. The molecule has 0 saturated carbocycles. The van der Waals surface area contributed by atoms with Gasteiger partial charge in [-0.25, -0.2) is 4.79 Å². The molecule has 4 aromatic carbocycles. The van der Waals surface area contributed by atoms with Crippen LogP contribution in [0.3, 0.4) is 0 Å². The fourth-order valence-corrected chi connectivity index (χ4v) is 4.99. The van der Waals surface area contributed by atoms with Crippen molar-refractivity contribution in [1.82, 2.24) is 4.90 Å². The van der Waals surface area contributed by atoms with E-state index in [1.165, 1.54) is 18.2 Å². The number of rotatable bonds is 9. The number of ether oxygens (including phenoxy) is 2. The zero-order chi connectivity index (χ0) is 29.5. The van der Waals surface area contributed by atoms with Gasteiger partial charge in [-0.3, -0.25) is 9.59 Å². The van der Waals surface area contributed by atoms with Crippen LogP contribution in [0.5, 0.6) is 17.2 Å². The minimum Gasteiger partial charge on any atom is -0.489 e. The first-order chi connectivity index (χ1) is 20.4. The standard InChI is InChI=1S/C33H29ClN2O6/c34-29-10-4-9-28(33(39)40)31(29)35-30(37)20-22-11-13-24(14-12-22)41-25-15-17-26(18-16-25)42-27-8-5-19-36(21-27)32(38)23-6-2-1-3-7-23/h1-4,6-7,9-18,27H,5,8,19-21H2,(H,35,37)(H,39,40)/t27-/m1/s1. The number of halogens is 1. The van der Waals surface area contributed by atoms with Crippen LogP contribution in [0.4, 0.5) is 5.69 Å². The smallest absolute Gasteiger partial charge is 0.337 e. The summed E-state index contributed by atoms with van der Waals surface area (Å²) in [6.45, 7) is 1.26. The largest absolute Gasteiger partial charge is 0.489 e. The van der Waals surface area contributed by atoms with E-state index in [2.05, 4.69) is 5.32 Å². The van der Waals surface area contributed by atoms with Crippen molar-refractivity contribution in [3.63, 3.8) is 0 Å². The van der Waals surface area contributed by atoms with Gasteiger partial charge in [0.2, 0.25) is 5.91 Å². The Morgan fingerprint density at radius 3 is 2.21 bits per heavy atom. The maximum atomic E-state index is 12.8. The van der Waals surface area contributed by atoms with E-state index in [1.807, 2.05) is 59.5 Å². The van der Waals surface area contributed by atoms with Crippen molar-refractivity contribution in [1.29, 1.82) is 0 Å². The van der Waals surface area contributed by atoms with Gasteiger partial charge < -0.3 is 24.8 Å². The van der Waals surface area contributed by atoms with Crippen molar-refractivity contribution in [3.8, 4) is 17.2 Å². The average Bonchev–Trinajstić information content (AvgIpc) is 3.00. The van der Waals surface area contributed by atoms with E-state index in [0.717, 1.165) is 24.9 Å². The summed E-state index contributed by atoms with van der Waals surface area (Å²) in [6, 6.07) is 28.1. The summed E-state index contributed by atoms with van der Waals surface area (Å²) < 4.78 is 12.1. The second kappa shape index (κ2) is 13.2. The van der Waals surface area contributed by atoms with E-state index in [-0.39, 0.29) is 40.6 Å². The third kappa shape index (κ3) is 7.27. The average molecular weight is 585 g/mol. The van der Waals surface area contributed by atoms with E-state index < -0.39 is 5.97 Å². The number of carbonyl (C=O) groups excluding carboxylic acids is 2. The third-order valence-corrected chi connectivity index (χ3v) is 7.16. The third-order valence-electron chi connectivity index (χ3n) is 6.84. The van der Waals surface area contributed by atoms with E-state index >= 15 is 0 Å². The summed E-state index contributed by atoms with van der Waals surface area (Å²) in [5, 5.41) is 12.1. The van der Waals surface area contributed by atoms with E-state index in [9.17, 15) is 19.5 Å². The number of aromatic carboxylic acids is 1. The number of para-hydroxylation sites is 1. The van der Waals surface area contributed by atoms with Crippen LogP contribution in [-0.4, -0.2) is 47.0 Å². The molecule has 1 saturated heterocycles. The van der Waals surface area contributed by atoms with Gasteiger partial charge in [-0.15, -0.1) is 0 Å². The first-order valence-electron chi connectivity index (χ1n) is 13.6. The Labute approximate surface area is 248 Å². The van der Waals surface area contributed by atoms with E-state index in [1.54, 1.807) is 24.3 Å². The topological polar surface area (TPSA) is 105 Å². The number of amides is 2. The van der Waals surface area contributed by atoms with Gasteiger partial charge in [0.05, 0.1) is 29.2 Å². The van der Waals surface area contributed by atoms with Gasteiger partial charge in [-0.1, -0.05) is 48.0 Å². The fraction of sp³-hybridized carbons (Fsp3) is 0.182. The van der Waals surface area contributed by atoms with E-state index in [0.29, 0.717) is 29.4 Å². The second-order valence-corrected chi connectivity index (χ2v) is 10.3. The zero-order valence-corrected chi connectivity index (χ0v) is 23.4. The van der Waals surface area contributed by atoms with Crippen molar-refractivity contribution < 1.29 is 29.0 Å². The molecule has 214 valence electrons. The van der Waals surface area contributed by atoms with Crippen LogP contribution >= 0.6 is 11.6 Å². The van der Waals surface area contributed by atoms with Gasteiger partial charge in [0.25, 0.3) is 5.91 Å². The fourth-order valence-electron chi connectivity index (χ4n) is 4.77. The number of nitrogens with zero attached hydrogens (tertiary/aromatic N) is 1. The number of hydrogen-bond acceptors (Lipinski definition) is 5. The molecule has 1 atom stereocenters. The van der Waals surface area contributed by atoms with Crippen LogP contribution in [-0.2, 0) is 11.2 Å². The number of anilines is 1. The quantitative estimate of drug-likeness (QED) is 0.227. The normalized spacial score (nSPS) is 14.6. The highest BCUT2D eigenvalue weighted by Crippen LogP contribution is 2.28. The summed E-state index contributed by atoms with van der Waals surface area (Å²) in [5.41, 5.74) is 1.41. The highest BCUT2D eigenvalue weighted by atomic mass is 35.5. The van der Waals surface area contributed by atoms with Crippen LogP contribution in [0.2, 0.25) is 5.02 Å². The molecule has 0 bridgehead atoms. The van der Waals surface area contributed by atoms with Gasteiger partial charge in [-0.2, -0.15) is 0 Å². The van der Waals surface area contributed by atoms with Crippen LogP contribution in [0.1, 0.15) is 39.1 Å². The SMILES string of the molecule is O=C(Cc1ccc(Oc2ccc(O[C@@H]3CCCN(C(=O)c4ccccc4)C3)cc2)cc1)Nc1c(Cl)cccc1C(=O)O. The molecule has 9 heteroatoms. The molecular formula is C33H29ClN2O6. The summed E-state index contributed by atoms with van der Waals surface area (Å²) in [6.07, 6.45) is 1.70. The minimum absolute atomic E-state index is 0.0206. The lowest BCUT2D eigenvalue weighted by Gasteiger charge is -2.33. The number of carboxylic acid groups (broad SMARTS) is 1. The number of likely N-dealkylation sites (tertiary alicyclic amines) is 1. The van der Waals surface area contributed by atoms with Gasteiger partial charge in [-0.05, 0) is 79.1 Å². The highest BCUT2D eigenvalue weighted by molar-refractivity contribution is 6.34. The first kappa shape index (κ1) is 28.7. The van der Waals surface area contributed by atoms with Crippen LogP contribution in [0, 0.1) is 0 Å². The lowest BCUT2D eigenvalue weighted by atomic mass is 10.1. The molecule has 0 aromatic heterocycles. The molecule has 1 aliphatic heterocycles. The molecule has 1 heterocycles. The van der Waals surface area contributed by atoms with Crippen LogP contribution in [0.15, 0.2) is 97.1 Å². The molecule has 8 nitrogen and oxygen atoms in total. The number of carboxylic acids is 1. The summed E-state index contributed by atoms with van der Waals surface area (Å²) in [5.74, 6) is 0.372. The van der Waals surface area contributed by atoms with Crippen molar-refractivity contribution in [2.75, 3.05) is 18.4 Å². The molecule has 1 fully saturated rings. The number of benzene rings is 4. The summed E-state index contributed by atoms with van der Waals surface area (Å²) >= 11 is 6.10. The maximum Gasteiger partial charge on any atom is 0.337 e. The maximum absolute atomic E-state index is 12.8. The summed E-state index contributed by atoms with van der Waals surface area (Å²) in [4.78, 5) is 38.7. The molecule has 1 aliphatic rings. The van der Waals surface area contributed by atoms with Crippen molar-refractivity contribution >= 4 is 35.1 Å². The zero-order valence-electron chi connectivity index (χ0n) is 22.7. The summed E-state index contributed by atoms with van der Waals surface area (Å²) in [7, 11) is 0. The predicted octanol–water partition coefficient (Wildman–Crippen LogP) is 6.70. The Morgan fingerprint density at radius 2 is 1.52 bits per heavy atom. The van der Waals surface area contributed by atoms with Crippen LogP contribution in [0.25, 0.3) is 0 Å². The Kier molecular flexibility index (Phi) is 9.04. The number of carbonyl (C=O) groups is 3. The molecular weight excluding hydrogens is 556 g/mol. The molecule has 0 radical (unpaired) electrons. The molecule has 0 aliphatic carbocycles. The molecule has 2 amide bonds. The van der Waals surface area contributed by atoms with Gasteiger partial charge >= 0.3 is 5.97 Å².